The average Bonchev–Trinajstić information content (AvgIpc) is 2.56. The number of anilines is 1. The van der Waals surface area contributed by atoms with Crippen molar-refractivity contribution in [2.75, 3.05) is 11.8 Å². The summed E-state index contributed by atoms with van der Waals surface area (Å²) in [7, 11) is -6.33. The van der Waals surface area contributed by atoms with Gasteiger partial charge in [0.05, 0.1) is 33.5 Å². The second-order valence-corrected chi connectivity index (χ2v) is 10.5. The largest absolute Gasteiger partial charge is 0.495 e. The van der Waals surface area contributed by atoms with Gasteiger partial charge in [0.15, 0.2) is 0 Å². The van der Waals surface area contributed by atoms with Gasteiger partial charge in [0.25, 0.3) is 0 Å². The molecule has 0 aromatic heterocycles. The third-order valence-corrected chi connectivity index (χ3v) is 7.12. The first-order valence-electron chi connectivity index (χ1n) is 8.08. The second-order valence-electron chi connectivity index (χ2n) is 6.25. The Bertz CT molecular complexity index is 1070. The molecule has 0 heterocycles. The number of sulfonamides is 2. The van der Waals surface area contributed by atoms with Crippen LogP contribution >= 0.6 is 23.2 Å². The van der Waals surface area contributed by atoms with Gasteiger partial charge in [-0.3, -0.25) is 4.72 Å². The van der Waals surface area contributed by atoms with E-state index in [1.807, 2.05) is 0 Å². The number of methoxy groups -OCH3 is 1. The molecular formula is C17H20Cl2N2O5S2. The Morgan fingerprint density at radius 3 is 2.25 bits per heavy atom. The fraction of sp³-hybridized carbons (Fsp3) is 0.294. The number of benzene rings is 2. The number of ether oxygens (including phenoxy) is 1. The van der Waals surface area contributed by atoms with E-state index in [1.54, 1.807) is 13.8 Å². The van der Waals surface area contributed by atoms with Gasteiger partial charge in [0.2, 0.25) is 20.0 Å². The number of hydrogen-bond donors (Lipinski definition) is 2. The molecule has 2 aromatic rings. The first-order valence-corrected chi connectivity index (χ1v) is 12.0. The van der Waals surface area contributed by atoms with E-state index < -0.39 is 20.0 Å². The van der Waals surface area contributed by atoms with Crippen LogP contribution < -0.4 is 14.2 Å². The molecule has 0 atom stereocenters. The first-order chi connectivity index (χ1) is 12.9. The van der Waals surface area contributed by atoms with Gasteiger partial charge in [-0.25, -0.2) is 21.6 Å². The van der Waals surface area contributed by atoms with E-state index in [0.29, 0.717) is 10.6 Å². The van der Waals surface area contributed by atoms with E-state index in [1.165, 1.54) is 43.5 Å². The summed E-state index contributed by atoms with van der Waals surface area (Å²) in [6, 6.07) is 8.09. The molecule has 0 spiro atoms. The van der Waals surface area contributed by atoms with Gasteiger partial charge in [-0.1, -0.05) is 29.3 Å². The lowest BCUT2D eigenvalue weighted by atomic mass is 10.2. The van der Waals surface area contributed by atoms with Crippen LogP contribution in [0.5, 0.6) is 5.75 Å². The lowest BCUT2D eigenvalue weighted by Gasteiger charge is -2.15. The molecule has 0 saturated carbocycles. The molecule has 0 aliphatic carbocycles. The summed E-state index contributed by atoms with van der Waals surface area (Å²) in [6.07, 6.45) is 0. The van der Waals surface area contributed by atoms with Crippen LogP contribution in [0.2, 0.25) is 10.0 Å². The van der Waals surface area contributed by atoms with Crippen LogP contribution in [-0.4, -0.2) is 30.0 Å². The van der Waals surface area contributed by atoms with Crippen LogP contribution in [0.25, 0.3) is 0 Å². The third kappa shape index (κ3) is 5.99. The molecule has 0 bridgehead atoms. The maximum Gasteiger partial charge on any atom is 0.240 e. The zero-order valence-corrected chi connectivity index (χ0v) is 18.5. The minimum Gasteiger partial charge on any atom is -0.495 e. The minimum absolute atomic E-state index is 0.00851. The third-order valence-electron chi connectivity index (χ3n) is 3.48. The Morgan fingerprint density at radius 1 is 1.00 bits per heavy atom. The summed E-state index contributed by atoms with van der Waals surface area (Å²) in [4.78, 5) is -0.0887. The first kappa shape index (κ1) is 22.8. The van der Waals surface area contributed by atoms with Gasteiger partial charge in [0, 0.05) is 6.04 Å². The van der Waals surface area contributed by atoms with Crippen LogP contribution in [0.15, 0.2) is 41.3 Å². The van der Waals surface area contributed by atoms with Crippen molar-refractivity contribution in [1.29, 1.82) is 0 Å². The van der Waals surface area contributed by atoms with Crippen molar-refractivity contribution in [2.24, 2.45) is 0 Å². The quantitative estimate of drug-likeness (QED) is 0.618. The molecule has 2 rings (SSSR count). The van der Waals surface area contributed by atoms with Crippen molar-refractivity contribution < 1.29 is 21.6 Å². The summed E-state index contributed by atoms with van der Waals surface area (Å²) in [5, 5.41) is 0.549. The smallest absolute Gasteiger partial charge is 0.240 e. The number of nitrogens with one attached hydrogen (secondary N) is 2. The fourth-order valence-corrected chi connectivity index (χ4v) is 5.15. The molecule has 2 aromatic carbocycles. The van der Waals surface area contributed by atoms with Crippen molar-refractivity contribution in [3.63, 3.8) is 0 Å². The summed E-state index contributed by atoms with van der Waals surface area (Å²) >= 11 is 11.8. The zero-order valence-electron chi connectivity index (χ0n) is 15.4. The maximum absolute atomic E-state index is 12.6. The van der Waals surface area contributed by atoms with Crippen molar-refractivity contribution in [3.8, 4) is 5.75 Å². The molecule has 0 radical (unpaired) electrons. The molecule has 0 unspecified atom stereocenters. The monoisotopic (exact) mass is 466 g/mol. The molecule has 0 aliphatic rings. The Balaban J connectivity index is 2.35. The van der Waals surface area contributed by atoms with E-state index in [2.05, 4.69) is 9.44 Å². The van der Waals surface area contributed by atoms with Gasteiger partial charge in [-0.05, 0) is 49.7 Å². The highest BCUT2D eigenvalue weighted by molar-refractivity contribution is 7.92. The lowest BCUT2D eigenvalue weighted by molar-refractivity contribution is 0.416. The average molecular weight is 467 g/mol. The van der Waals surface area contributed by atoms with E-state index in [4.69, 9.17) is 27.9 Å². The predicted molar refractivity (Wildman–Crippen MR) is 111 cm³/mol. The number of rotatable bonds is 8. The number of halogens is 2. The standard InChI is InChI=1S/C17H20Cl2N2O5S2/c1-11(2)20-28(24,25)13-5-7-17(26-3)16(9-13)21-27(22,23)10-12-4-6-14(18)15(19)8-12/h4-9,11,20-21H,10H2,1-3H3. The Morgan fingerprint density at radius 2 is 1.68 bits per heavy atom. The molecule has 28 heavy (non-hydrogen) atoms. The summed E-state index contributed by atoms with van der Waals surface area (Å²) in [5.74, 6) is -0.199. The van der Waals surface area contributed by atoms with Crippen molar-refractivity contribution in [3.05, 3.63) is 52.0 Å². The summed E-state index contributed by atoms with van der Waals surface area (Å²) < 4.78 is 59.8. The Hall–Kier alpha value is -1.52. The molecule has 154 valence electrons. The molecule has 0 aliphatic heterocycles. The normalized spacial score (nSPS) is 12.2. The van der Waals surface area contributed by atoms with Crippen LogP contribution in [0.3, 0.4) is 0 Å². The van der Waals surface area contributed by atoms with Gasteiger partial charge in [-0.2, -0.15) is 0 Å². The maximum atomic E-state index is 12.6. The van der Waals surface area contributed by atoms with Crippen LogP contribution in [-0.2, 0) is 25.8 Å². The Labute approximate surface area is 175 Å². The topological polar surface area (TPSA) is 102 Å². The molecule has 7 nitrogen and oxygen atoms in total. The fourth-order valence-electron chi connectivity index (χ4n) is 2.36. The van der Waals surface area contributed by atoms with Gasteiger partial charge in [-0.15, -0.1) is 0 Å². The van der Waals surface area contributed by atoms with Crippen molar-refractivity contribution >= 4 is 48.9 Å². The van der Waals surface area contributed by atoms with Crippen LogP contribution in [0, 0.1) is 0 Å². The highest BCUT2D eigenvalue weighted by atomic mass is 35.5. The van der Waals surface area contributed by atoms with E-state index >= 15 is 0 Å². The van der Waals surface area contributed by atoms with E-state index in [0.717, 1.165) is 0 Å². The predicted octanol–water partition coefficient (Wildman–Crippen LogP) is 3.63. The van der Waals surface area contributed by atoms with Gasteiger partial charge >= 0.3 is 0 Å². The van der Waals surface area contributed by atoms with Crippen LogP contribution in [0.4, 0.5) is 5.69 Å². The molecule has 2 N–H and O–H groups in total. The number of hydrogen-bond acceptors (Lipinski definition) is 5. The van der Waals surface area contributed by atoms with Crippen molar-refractivity contribution in [1.82, 2.24) is 4.72 Å². The highest BCUT2D eigenvalue weighted by Gasteiger charge is 2.20. The van der Waals surface area contributed by atoms with Gasteiger partial charge in [0.1, 0.15) is 5.75 Å². The van der Waals surface area contributed by atoms with Crippen LogP contribution in [0.1, 0.15) is 19.4 Å². The molecule has 0 amide bonds. The molecule has 0 saturated heterocycles. The Kier molecular flexibility index (Phi) is 7.22. The summed E-state index contributed by atoms with van der Waals surface area (Å²) in [6.45, 7) is 3.36. The lowest BCUT2D eigenvalue weighted by Crippen LogP contribution is -2.30. The second kappa shape index (κ2) is 8.87. The molecule has 11 heteroatoms. The summed E-state index contributed by atoms with van der Waals surface area (Å²) in [5.41, 5.74) is 0.431. The molecule has 0 fully saturated rings. The van der Waals surface area contributed by atoms with E-state index in [-0.39, 0.29) is 33.1 Å². The minimum atomic E-state index is -3.88. The molecular weight excluding hydrogens is 447 g/mol. The van der Waals surface area contributed by atoms with Crippen molar-refractivity contribution in [2.45, 2.75) is 30.5 Å². The van der Waals surface area contributed by atoms with Gasteiger partial charge < -0.3 is 4.74 Å². The van der Waals surface area contributed by atoms with E-state index in [9.17, 15) is 16.8 Å². The highest BCUT2D eigenvalue weighted by Crippen LogP contribution is 2.29. The SMILES string of the molecule is COc1ccc(S(=O)(=O)NC(C)C)cc1NS(=O)(=O)Cc1ccc(Cl)c(Cl)c1. The zero-order chi connectivity index (χ0) is 21.1.